The molecular formula is C22H19ClN6O3S. The smallest absolute Gasteiger partial charge is 0.287 e. The molecule has 0 saturated carbocycles. The van der Waals surface area contributed by atoms with Crippen molar-refractivity contribution < 1.29 is 9.72 Å². The number of pyridine rings is 1. The Bertz CT molecular complexity index is 1360. The molecule has 1 aliphatic rings. The molecule has 1 amide bonds. The summed E-state index contributed by atoms with van der Waals surface area (Å²) in [5.74, 6) is 0.655. The Morgan fingerprint density at radius 1 is 1.15 bits per heavy atom. The molecule has 4 heterocycles. The molecule has 0 unspecified atom stereocenters. The largest absolute Gasteiger partial charge is 0.353 e. The van der Waals surface area contributed by atoms with Crippen LogP contribution in [0.25, 0.3) is 15.9 Å². The number of carbonyl (C=O) groups excluding carboxylic acids is 1. The molecule has 0 aliphatic carbocycles. The van der Waals surface area contributed by atoms with Gasteiger partial charge >= 0.3 is 0 Å². The van der Waals surface area contributed by atoms with Gasteiger partial charge in [-0.3, -0.25) is 14.9 Å². The second-order valence-electron chi connectivity index (χ2n) is 7.69. The number of thiophene rings is 1. The first-order valence-corrected chi connectivity index (χ1v) is 11.5. The zero-order valence-corrected chi connectivity index (χ0v) is 19.2. The molecule has 3 aromatic heterocycles. The first-order valence-electron chi connectivity index (χ1n) is 10.3. The van der Waals surface area contributed by atoms with Crippen LogP contribution in [0.2, 0.25) is 5.02 Å². The van der Waals surface area contributed by atoms with Gasteiger partial charge in [0.2, 0.25) is 0 Å². The van der Waals surface area contributed by atoms with Crippen LogP contribution in [0.4, 0.5) is 11.5 Å². The van der Waals surface area contributed by atoms with E-state index < -0.39 is 4.92 Å². The molecule has 33 heavy (non-hydrogen) atoms. The molecule has 1 aromatic carbocycles. The number of benzene rings is 1. The lowest BCUT2D eigenvalue weighted by atomic mass is 10.2. The summed E-state index contributed by atoms with van der Waals surface area (Å²) in [5, 5.41) is 17.0. The number of nitrogens with zero attached hydrogens (tertiary/aromatic N) is 6. The van der Waals surface area contributed by atoms with Gasteiger partial charge in [0, 0.05) is 37.6 Å². The minimum absolute atomic E-state index is 0.0161. The number of aryl methyl sites for hydroxylation is 1. The fourth-order valence-electron chi connectivity index (χ4n) is 3.91. The third-order valence-electron chi connectivity index (χ3n) is 5.67. The van der Waals surface area contributed by atoms with Gasteiger partial charge in [0.15, 0.2) is 0 Å². The highest BCUT2D eigenvalue weighted by atomic mass is 35.5. The van der Waals surface area contributed by atoms with Crippen molar-refractivity contribution in [2.45, 2.75) is 6.92 Å². The van der Waals surface area contributed by atoms with Gasteiger partial charge in [-0.1, -0.05) is 23.7 Å². The molecule has 4 aromatic rings. The molecule has 9 nitrogen and oxygen atoms in total. The molecule has 1 aliphatic heterocycles. The first-order chi connectivity index (χ1) is 15.9. The van der Waals surface area contributed by atoms with E-state index in [0.717, 1.165) is 21.6 Å². The predicted octanol–water partition coefficient (Wildman–Crippen LogP) is 4.31. The van der Waals surface area contributed by atoms with Crippen molar-refractivity contribution in [3.63, 3.8) is 0 Å². The van der Waals surface area contributed by atoms with Crippen LogP contribution in [-0.2, 0) is 0 Å². The number of rotatable bonds is 4. The first kappa shape index (κ1) is 21.4. The number of aromatic nitrogens is 3. The molecule has 11 heteroatoms. The van der Waals surface area contributed by atoms with Gasteiger partial charge < -0.3 is 9.80 Å². The summed E-state index contributed by atoms with van der Waals surface area (Å²) in [6.07, 6.45) is 1.26. The van der Waals surface area contributed by atoms with Crippen LogP contribution >= 0.6 is 22.9 Å². The maximum atomic E-state index is 13.2. The normalized spacial score (nSPS) is 14.1. The molecule has 168 valence electrons. The van der Waals surface area contributed by atoms with E-state index >= 15 is 0 Å². The standard InChI is InChI=1S/C22H19ClN6O3S/c1-14-16-12-19(33-22(16)28(25-14)18-5-3-2-4-17(18)23)21(30)27-10-8-26(9-11-27)20-7-6-15(13-24-20)29(31)32/h2-7,12-13H,8-11H2,1H3. The van der Waals surface area contributed by atoms with E-state index in [0.29, 0.717) is 41.9 Å². The molecule has 0 spiro atoms. The Balaban J connectivity index is 1.33. The number of halogens is 1. The summed E-state index contributed by atoms with van der Waals surface area (Å²) in [6, 6.07) is 12.5. The third kappa shape index (κ3) is 3.91. The average molecular weight is 483 g/mol. The van der Waals surface area contributed by atoms with Crippen LogP contribution in [0.15, 0.2) is 48.7 Å². The van der Waals surface area contributed by atoms with E-state index in [1.807, 2.05) is 47.1 Å². The molecule has 0 bridgehead atoms. The van der Waals surface area contributed by atoms with Crippen molar-refractivity contribution in [2.24, 2.45) is 0 Å². The summed E-state index contributed by atoms with van der Waals surface area (Å²) in [4.78, 5) is 33.2. The molecule has 5 rings (SSSR count). The Morgan fingerprint density at radius 3 is 2.58 bits per heavy atom. The summed E-state index contributed by atoms with van der Waals surface area (Å²) >= 11 is 7.79. The van der Waals surface area contributed by atoms with Crippen LogP contribution in [0, 0.1) is 17.0 Å². The van der Waals surface area contributed by atoms with Gasteiger partial charge in [-0.05, 0) is 31.2 Å². The number of hydrogen-bond donors (Lipinski definition) is 0. The molecule has 1 saturated heterocycles. The van der Waals surface area contributed by atoms with Crippen molar-refractivity contribution in [3.8, 4) is 5.69 Å². The zero-order valence-electron chi connectivity index (χ0n) is 17.6. The van der Waals surface area contributed by atoms with E-state index in [-0.39, 0.29) is 11.6 Å². The molecule has 0 atom stereocenters. The maximum Gasteiger partial charge on any atom is 0.287 e. The monoisotopic (exact) mass is 482 g/mol. The van der Waals surface area contributed by atoms with Crippen LogP contribution < -0.4 is 4.90 Å². The number of piperazine rings is 1. The van der Waals surface area contributed by atoms with Gasteiger partial charge in [-0.15, -0.1) is 11.3 Å². The minimum Gasteiger partial charge on any atom is -0.353 e. The lowest BCUT2D eigenvalue weighted by molar-refractivity contribution is -0.385. The van der Waals surface area contributed by atoms with Gasteiger partial charge in [0.25, 0.3) is 11.6 Å². The van der Waals surface area contributed by atoms with Crippen molar-refractivity contribution in [1.29, 1.82) is 0 Å². The fraction of sp³-hybridized carbons (Fsp3) is 0.227. The lowest BCUT2D eigenvalue weighted by Gasteiger charge is -2.35. The van der Waals surface area contributed by atoms with Crippen molar-refractivity contribution >= 4 is 50.6 Å². The average Bonchev–Trinajstić information content (AvgIpc) is 3.40. The summed E-state index contributed by atoms with van der Waals surface area (Å²) in [5.41, 5.74) is 1.58. The minimum atomic E-state index is -0.467. The van der Waals surface area contributed by atoms with Crippen LogP contribution in [0.5, 0.6) is 0 Å². The highest BCUT2D eigenvalue weighted by molar-refractivity contribution is 7.20. The fourth-order valence-corrected chi connectivity index (χ4v) is 5.27. The quantitative estimate of drug-likeness (QED) is 0.317. The second kappa shape index (κ2) is 8.45. The number of amides is 1. The number of fused-ring (bicyclic) bond motifs is 1. The maximum absolute atomic E-state index is 13.2. The summed E-state index contributed by atoms with van der Waals surface area (Å²) in [6.45, 7) is 4.22. The van der Waals surface area contributed by atoms with E-state index in [9.17, 15) is 14.9 Å². The highest BCUT2D eigenvalue weighted by Crippen LogP contribution is 2.33. The van der Waals surface area contributed by atoms with Gasteiger partial charge in [0.05, 0.1) is 26.2 Å². The molecular weight excluding hydrogens is 464 g/mol. The number of anilines is 1. The number of hydrogen-bond acceptors (Lipinski definition) is 7. The summed E-state index contributed by atoms with van der Waals surface area (Å²) in [7, 11) is 0. The topological polar surface area (TPSA) is 97.4 Å². The lowest BCUT2D eigenvalue weighted by Crippen LogP contribution is -2.48. The van der Waals surface area contributed by atoms with Gasteiger partial charge in [-0.2, -0.15) is 5.10 Å². The molecule has 0 radical (unpaired) electrons. The molecule has 0 N–H and O–H groups in total. The van der Waals surface area contributed by atoms with Crippen molar-refractivity contribution in [1.82, 2.24) is 19.7 Å². The Labute approximate surface area is 198 Å². The van der Waals surface area contributed by atoms with Gasteiger partial charge in [-0.25, -0.2) is 9.67 Å². The SMILES string of the molecule is Cc1nn(-c2ccccc2Cl)c2sc(C(=O)N3CCN(c4ccc([N+](=O)[O-])cn4)CC3)cc12. The number of para-hydroxylation sites is 1. The Morgan fingerprint density at radius 2 is 1.91 bits per heavy atom. The Kier molecular flexibility index (Phi) is 5.47. The van der Waals surface area contributed by atoms with Crippen LogP contribution in [0.1, 0.15) is 15.4 Å². The predicted molar refractivity (Wildman–Crippen MR) is 128 cm³/mol. The number of carbonyl (C=O) groups is 1. The Hall–Kier alpha value is -3.50. The van der Waals surface area contributed by atoms with E-state index in [4.69, 9.17) is 11.6 Å². The summed E-state index contributed by atoms with van der Waals surface area (Å²) < 4.78 is 1.80. The van der Waals surface area contributed by atoms with E-state index in [1.54, 1.807) is 10.7 Å². The van der Waals surface area contributed by atoms with Crippen molar-refractivity contribution in [3.05, 3.63) is 74.4 Å². The van der Waals surface area contributed by atoms with Crippen molar-refractivity contribution in [2.75, 3.05) is 31.1 Å². The highest BCUT2D eigenvalue weighted by Gasteiger charge is 2.26. The van der Waals surface area contributed by atoms with Crippen LogP contribution in [-0.4, -0.2) is 56.7 Å². The molecule has 1 fully saturated rings. The van der Waals surface area contributed by atoms with Gasteiger partial charge in [0.1, 0.15) is 16.8 Å². The third-order valence-corrected chi connectivity index (χ3v) is 7.09. The van der Waals surface area contributed by atoms with E-state index in [1.165, 1.54) is 23.6 Å². The second-order valence-corrected chi connectivity index (χ2v) is 9.13. The number of nitro groups is 1. The van der Waals surface area contributed by atoms with E-state index in [2.05, 4.69) is 10.1 Å². The van der Waals surface area contributed by atoms with Crippen LogP contribution in [0.3, 0.4) is 0 Å². The zero-order chi connectivity index (χ0) is 23.1.